The second kappa shape index (κ2) is 18.6. The Hall–Kier alpha value is -2.76. The number of fused-ring (bicyclic) bond motifs is 1. The summed E-state index contributed by atoms with van der Waals surface area (Å²) < 4.78 is 37.9. The van der Waals surface area contributed by atoms with E-state index in [4.69, 9.17) is 28.4 Å². The Morgan fingerprint density at radius 3 is 1.61 bits per heavy atom. The van der Waals surface area contributed by atoms with E-state index >= 15 is 0 Å². The summed E-state index contributed by atoms with van der Waals surface area (Å²) in [5, 5.41) is 0. The van der Waals surface area contributed by atoms with E-state index in [2.05, 4.69) is 46.8 Å². The molecule has 0 N–H and O–H groups in total. The molecule has 0 spiro atoms. The minimum absolute atomic E-state index is 0.136. The molecule has 6 heteroatoms. The first-order valence-corrected chi connectivity index (χ1v) is 16.3. The zero-order valence-corrected chi connectivity index (χ0v) is 26.4. The molecular formula is C35H54O6. The topological polar surface area (TPSA) is 55.4 Å². The molecule has 0 fully saturated rings. The average molecular weight is 571 g/mol. The van der Waals surface area contributed by atoms with Gasteiger partial charge in [0.1, 0.15) is 23.4 Å². The van der Waals surface area contributed by atoms with Gasteiger partial charge in [-0.15, -0.1) is 0 Å². The van der Waals surface area contributed by atoms with E-state index in [-0.39, 0.29) is 6.10 Å². The zero-order valence-electron chi connectivity index (χ0n) is 26.4. The maximum absolute atomic E-state index is 6.70. The minimum atomic E-state index is -0.136. The Morgan fingerprint density at radius 1 is 0.585 bits per heavy atom. The summed E-state index contributed by atoms with van der Waals surface area (Å²) in [7, 11) is 0. The summed E-state index contributed by atoms with van der Waals surface area (Å²) in [6.07, 6.45) is 12.0. The van der Waals surface area contributed by atoms with E-state index in [1.54, 1.807) is 0 Å². The van der Waals surface area contributed by atoms with Crippen molar-refractivity contribution in [3.8, 4) is 34.5 Å². The third-order valence-electron chi connectivity index (χ3n) is 7.26. The molecule has 230 valence electrons. The van der Waals surface area contributed by atoms with Gasteiger partial charge in [-0.05, 0) is 62.6 Å². The molecule has 2 aromatic rings. The largest absolute Gasteiger partial charge is 0.493 e. The van der Waals surface area contributed by atoms with Crippen LogP contribution >= 0.6 is 0 Å². The highest BCUT2D eigenvalue weighted by Gasteiger charge is 2.28. The maximum Gasteiger partial charge on any atom is 0.203 e. The lowest BCUT2D eigenvalue weighted by Gasteiger charge is -2.29. The number of unbranched alkanes of at least 4 members (excludes halogenated alkanes) is 5. The molecule has 1 aliphatic heterocycles. The van der Waals surface area contributed by atoms with E-state index in [1.807, 2.05) is 12.1 Å². The second-order valence-corrected chi connectivity index (χ2v) is 10.9. The van der Waals surface area contributed by atoms with Gasteiger partial charge >= 0.3 is 0 Å². The lowest BCUT2D eigenvalue weighted by molar-refractivity contribution is 0.169. The minimum Gasteiger partial charge on any atom is -0.493 e. The van der Waals surface area contributed by atoms with Crippen molar-refractivity contribution in [1.29, 1.82) is 0 Å². The van der Waals surface area contributed by atoms with Gasteiger partial charge in [0.2, 0.25) is 5.75 Å². The summed E-state index contributed by atoms with van der Waals surface area (Å²) in [6, 6.07) is 8.26. The molecule has 0 amide bonds. The van der Waals surface area contributed by atoms with Crippen LogP contribution in [0, 0.1) is 0 Å². The van der Waals surface area contributed by atoms with Gasteiger partial charge in [0.05, 0.1) is 33.0 Å². The Balaban J connectivity index is 1.94. The third-order valence-corrected chi connectivity index (χ3v) is 7.26. The Labute approximate surface area is 249 Å². The smallest absolute Gasteiger partial charge is 0.203 e. The molecule has 0 aliphatic carbocycles. The van der Waals surface area contributed by atoms with Gasteiger partial charge < -0.3 is 28.4 Å². The van der Waals surface area contributed by atoms with Crippen LogP contribution in [0.3, 0.4) is 0 Å². The molecule has 1 heterocycles. The molecule has 1 aliphatic rings. The van der Waals surface area contributed by atoms with Crippen LogP contribution in [0.5, 0.6) is 34.5 Å². The molecule has 0 unspecified atom stereocenters. The number of rotatable bonds is 21. The van der Waals surface area contributed by atoms with Gasteiger partial charge in [0.15, 0.2) is 11.5 Å². The SMILES string of the molecule is CCCCOc1cc(OCCCC)c2c(c1)O[C@@H](c1cc(OCCCC)c(OCCCC)c(OCCCC)c1)CC2. The molecular weight excluding hydrogens is 516 g/mol. The summed E-state index contributed by atoms with van der Waals surface area (Å²) in [4.78, 5) is 0. The van der Waals surface area contributed by atoms with Crippen LogP contribution in [0.4, 0.5) is 0 Å². The Morgan fingerprint density at radius 2 is 1.07 bits per heavy atom. The Bertz CT molecular complexity index is 989. The first-order chi connectivity index (χ1) is 20.1. The number of ether oxygens (including phenoxy) is 6. The predicted octanol–water partition coefficient (Wildman–Crippen LogP) is 9.65. The standard InChI is InChI=1S/C35H54O6/c1-6-11-18-36-28-25-31(37-19-12-7-2)29-16-17-30(41-32(29)26-28)27-23-33(38-20-13-8-3)35(40-22-15-10-5)34(24-27)39-21-14-9-4/h23-26,30H,6-22H2,1-5H3/t30-/m1/s1. The quantitative estimate of drug-likeness (QED) is 0.139. The predicted molar refractivity (Wildman–Crippen MR) is 167 cm³/mol. The zero-order chi connectivity index (χ0) is 29.3. The molecule has 1 atom stereocenters. The van der Waals surface area contributed by atoms with Crippen molar-refractivity contribution in [3.05, 3.63) is 35.4 Å². The Kier molecular flexibility index (Phi) is 14.9. The van der Waals surface area contributed by atoms with Gasteiger partial charge in [0, 0.05) is 17.7 Å². The van der Waals surface area contributed by atoms with Gasteiger partial charge in [-0.25, -0.2) is 0 Å². The lowest BCUT2D eigenvalue weighted by atomic mass is 9.96. The van der Waals surface area contributed by atoms with Crippen molar-refractivity contribution in [2.24, 2.45) is 0 Å². The van der Waals surface area contributed by atoms with E-state index in [9.17, 15) is 0 Å². The molecule has 41 heavy (non-hydrogen) atoms. The highest BCUT2D eigenvalue weighted by Crippen LogP contribution is 2.46. The van der Waals surface area contributed by atoms with Crippen molar-refractivity contribution < 1.29 is 28.4 Å². The van der Waals surface area contributed by atoms with Crippen LogP contribution in [0.25, 0.3) is 0 Å². The average Bonchev–Trinajstić information content (AvgIpc) is 2.98. The van der Waals surface area contributed by atoms with E-state index in [0.29, 0.717) is 38.8 Å². The first-order valence-electron chi connectivity index (χ1n) is 16.3. The van der Waals surface area contributed by atoms with Crippen molar-refractivity contribution in [3.63, 3.8) is 0 Å². The highest BCUT2D eigenvalue weighted by molar-refractivity contribution is 5.56. The molecule has 0 bridgehead atoms. The summed E-state index contributed by atoms with van der Waals surface area (Å²) >= 11 is 0. The number of hydrogen-bond acceptors (Lipinski definition) is 6. The second-order valence-electron chi connectivity index (χ2n) is 10.9. The van der Waals surface area contributed by atoms with Crippen molar-refractivity contribution in [1.82, 2.24) is 0 Å². The van der Waals surface area contributed by atoms with Gasteiger partial charge in [-0.2, -0.15) is 0 Å². The van der Waals surface area contributed by atoms with Gasteiger partial charge in [-0.3, -0.25) is 0 Å². The van der Waals surface area contributed by atoms with Crippen LogP contribution in [-0.4, -0.2) is 33.0 Å². The lowest BCUT2D eigenvalue weighted by Crippen LogP contribution is -2.17. The molecule has 0 saturated carbocycles. The van der Waals surface area contributed by atoms with E-state index in [1.165, 1.54) is 0 Å². The van der Waals surface area contributed by atoms with Crippen molar-refractivity contribution in [2.75, 3.05) is 33.0 Å². The fourth-order valence-electron chi connectivity index (χ4n) is 4.65. The first kappa shape index (κ1) is 32.8. The van der Waals surface area contributed by atoms with Gasteiger partial charge in [0.25, 0.3) is 0 Å². The fraction of sp³-hybridized carbons (Fsp3) is 0.657. The normalized spacial score (nSPS) is 14.2. The summed E-state index contributed by atoms with van der Waals surface area (Å²) in [6.45, 7) is 14.2. The van der Waals surface area contributed by atoms with Crippen LogP contribution in [0.15, 0.2) is 24.3 Å². The van der Waals surface area contributed by atoms with Crippen molar-refractivity contribution in [2.45, 2.75) is 118 Å². The summed E-state index contributed by atoms with van der Waals surface area (Å²) in [5.41, 5.74) is 2.17. The molecule has 0 saturated heterocycles. The fourth-order valence-corrected chi connectivity index (χ4v) is 4.65. The number of hydrogen-bond donors (Lipinski definition) is 0. The molecule has 0 radical (unpaired) electrons. The van der Waals surface area contributed by atoms with Gasteiger partial charge in [-0.1, -0.05) is 66.7 Å². The molecule has 6 nitrogen and oxygen atoms in total. The third kappa shape index (κ3) is 10.2. The van der Waals surface area contributed by atoms with Crippen molar-refractivity contribution >= 4 is 0 Å². The van der Waals surface area contributed by atoms with E-state index in [0.717, 1.165) is 117 Å². The molecule has 3 rings (SSSR count). The molecule has 0 aromatic heterocycles. The number of benzene rings is 2. The maximum atomic E-state index is 6.70. The van der Waals surface area contributed by atoms with E-state index < -0.39 is 0 Å². The monoisotopic (exact) mass is 570 g/mol. The van der Waals surface area contributed by atoms with Crippen LogP contribution in [0.1, 0.15) is 122 Å². The van der Waals surface area contributed by atoms with Crippen LogP contribution in [-0.2, 0) is 6.42 Å². The van der Waals surface area contributed by atoms with Crippen LogP contribution < -0.4 is 28.4 Å². The molecule has 2 aromatic carbocycles. The summed E-state index contributed by atoms with van der Waals surface area (Å²) in [5.74, 6) is 4.72. The van der Waals surface area contributed by atoms with Crippen LogP contribution in [0.2, 0.25) is 0 Å². The highest BCUT2D eigenvalue weighted by atomic mass is 16.5.